The third kappa shape index (κ3) is 223. The van der Waals surface area contributed by atoms with E-state index in [4.69, 9.17) is 7.96 Å². The standard InChI is InChI=1S/Al.4FH.5Li.2O/h;4*1H;;;;;;;/q;;;;;5*+1;;-1/p-4. The number of hydrogen-bond acceptors (Lipinski definition) is 2. The molecule has 2 nitrogen and oxygen atoms in total. The van der Waals surface area contributed by atoms with Crippen LogP contribution in [-0.2, 0) is 3.80 Å². The Kier molecular flexibility index (Phi) is 1570. The SMILES string of the molecule is [F-].[F-].[F-].[F-].[Li+].[Li+].[Li+].[Li+].[Li+].[O]=[Al][O-]. The zero-order chi connectivity index (χ0) is 2.71. The van der Waals surface area contributed by atoms with Crippen molar-refractivity contribution in [1.29, 1.82) is 0 Å². The van der Waals surface area contributed by atoms with Crippen LogP contribution >= 0.6 is 0 Å². The van der Waals surface area contributed by atoms with Crippen molar-refractivity contribution in [1.82, 2.24) is 0 Å². The monoisotopic (exact) mass is 170 g/mol. The molecule has 0 aliphatic rings. The van der Waals surface area contributed by atoms with Crippen LogP contribution in [0, 0.1) is 0 Å². The van der Waals surface area contributed by atoms with Gasteiger partial charge in [-0.2, -0.15) is 0 Å². The van der Waals surface area contributed by atoms with Gasteiger partial charge in [0.25, 0.3) is 0 Å². The molecular formula is AlF4Li5O2. The van der Waals surface area contributed by atoms with E-state index >= 15 is 0 Å². The summed E-state index contributed by atoms with van der Waals surface area (Å²) in [5.74, 6) is 0. The van der Waals surface area contributed by atoms with Gasteiger partial charge in [0.2, 0.25) is 0 Å². The first kappa shape index (κ1) is 121. The second-order valence-electron chi connectivity index (χ2n) is 0.0962. The van der Waals surface area contributed by atoms with E-state index in [1.165, 1.54) is 0 Å². The molecule has 0 aliphatic heterocycles. The minimum atomic E-state index is -1.75. The summed E-state index contributed by atoms with van der Waals surface area (Å²) in [4.78, 5) is 0. The second kappa shape index (κ2) is 155. The number of hydrogen-bond donors (Lipinski definition) is 0. The Morgan fingerprint density at radius 2 is 0.667 bits per heavy atom. The molecule has 0 heterocycles. The fourth-order valence-corrected chi connectivity index (χ4v) is 0. The average molecular weight is 170 g/mol. The molecule has 0 N–H and O–H groups in total. The Morgan fingerprint density at radius 3 is 0.667 bits per heavy atom. The van der Waals surface area contributed by atoms with Crippen LogP contribution in [0.25, 0.3) is 0 Å². The Balaban J connectivity index is -0.000000000556. The molecule has 0 saturated carbocycles. The summed E-state index contributed by atoms with van der Waals surface area (Å²) in [6.45, 7) is 0. The predicted molar refractivity (Wildman–Crippen MR) is 6.44 cm³/mol. The summed E-state index contributed by atoms with van der Waals surface area (Å²) >= 11 is -1.75. The molecular weight excluding hydrogens is 170 g/mol. The molecule has 0 unspecified atom stereocenters. The van der Waals surface area contributed by atoms with Crippen LogP contribution < -0.4 is 117 Å². The minimum absolute atomic E-state index is 0. The normalized spacial score (nSPS) is 0.667. The van der Waals surface area contributed by atoms with Gasteiger partial charge in [-0.15, -0.1) is 0 Å². The Labute approximate surface area is 135 Å². The van der Waals surface area contributed by atoms with E-state index in [0.29, 0.717) is 0 Å². The Hall–Kier alpha value is 2.84. The van der Waals surface area contributed by atoms with E-state index in [1.54, 1.807) is 0 Å². The van der Waals surface area contributed by atoms with Crippen LogP contribution in [0.2, 0.25) is 0 Å². The Morgan fingerprint density at radius 1 is 0.667 bits per heavy atom. The Bertz CT molecular complexity index is 28.9. The van der Waals surface area contributed by atoms with Crippen LogP contribution in [0.15, 0.2) is 0 Å². The van der Waals surface area contributed by atoms with Gasteiger partial charge >= 0.3 is 118 Å². The molecule has 0 rings (SSSR count). The third-order valence-corrected chi connectivity index (χ3v) is 0. The maximum atomic E-state index is 8.46. The molecule has 0 radical (unpaired) electrons. The predicted octanol–water partition coefficient (Wildman–Crippen LogP) is -28.7. The van der Waals surface area contributed by atoms with E-state index < -0.39 is 15.5 Å². The van der Waals surface area contributed by atoms with Crippen LogP contribution in [0.5, 0.6) is 0 Å². The van der Waals surface area contributed by atoms with Gasteiger partial charge in [0.05, 0.1) is 0 Å². The molecule has 0 fully saturated rings. The van der Waals surface area contributed by atoms with Gasteiger partial charge < -0.3 is 18.8 Å². The van der Waals surface area contributed by atoms with Crippen molar-refractivity contribution in [3.63, 3.8) is 0 Å². The summed E-state index contributed by atoms with van der Waals surface area (Å²) in [5.41, 5.74) is 0. The van der Waals surface area contributed by atoms with Gasteiger partial charge in [-0.05, 0) is 0 Å². The molecule has 0 aromatic rings. The van der Waals surface area contributed by atoms with Crippen LogP contribution in [0.4, 0.5) is 0 Å². The molecule has 0 saturated heterocycles. The molecule has 0 amide bonds. The molecule has 0 bridgehead atoms. The topological polar surface area (TPSA) is 40.1 Å². The van der Waals surface area contributed by atoms with Crippen molar-refractivity contribution in [3.05, 3.63) is 0 Å². The molecule has 48 valence electrons. The van der Waals surface area contributed by atoms with Crippen molar-refractivity contribution in [2.75, 3.05) is 0 Å². The van der Waals surface area contributed by atoms with Crippen molar-refractivity contribution < 1.29 is 121 Å². The van der Waals surface area contributed by atoms with E-state index in [-0.39, 0.29) is 113 Å². The molecule has 12 heteroatoms. The van der Waals surface area contributed by atoms with Crippen LogP contribution in [0.1, 0.15) is 0 Å². The van der Waals surface area contributed by atoms with Gasteiger partial charge in [0.15, 0.2) is 0 Å². The van der Waals surface area contributed by atoms with Crippen LogP contribution in [-0.4, -0.2) is 15.5 Å². The van der Waals surface area contributed by atoms with Crippen LogP contribution in [0.3, 0.4) is 0 Å². The number of halogens is 4. The van der Waals surface area contributed by atoms with Crippen molar-refractivity contribution in [2.45, 2.75) is 0 Å². The molecule has 0 aromatic carbocycles. The van der Waals surface area contributed by atoms with Gasteiger partial charge in [-0.3, -0.25) is 0 Å². The third-order valence-electron chi connectivity index (χ3n) is 0. The molecule has 0 spiro atoms. The maximum absolute atomic E-state index is 8.46. The fraction of sp³-hybridized carbons (Fsp3) is 0. The first-order chi connectivity index (χ1) is 1.41. The van der Waals surface area contributed by atoms with Gasteiger partial charge in [0.1, 0.15) is 0 Å². The van der Waals surface area contributed by atoms with Crippen molar-refractivity contribution in [3.8, 4) is 0 Å². The summed E-state index contributed by atoms with van der Waals surface area (Å²) in [5, 5.41) is 0. The van der Waals surface area contributed by atoms with Gasteiger partial charge in [-0.25, -0.2) is 0 Å². The summed E-state index contributed by atoms with van der Waals surface area (Å²) < 4.78 is 16.9. The number of rotatable bonds is 0. The van der Waals surface area contributed by atoms with E-state index in [9.17, 15) is 0 Å². The fourth-order valence-electron chi connectivity index (χ4n) is 0. The zero-order valence-electron chi connectivity index (χ0n) is 7.91. The van der Waals surface area contributed by atoms with E-state index in [1.807, 2.05) is 0 Å². The van der Waals surface area contributed by atoms with Crippen molar-refractivity contribution >= 4 is 15.5 Å². The molecule has 0 atom stereocenters. The van der Waals surface area contributed by atoms with E-state index in [2.05, 4.69) is 0 Å². The summed E-state index contributed by atoms with van der Waals surface area (Å²) in [6.07, 6.45) is 0. The van der Waals surface area contributed by atoms with Crippen molar-refractivity contribution in [2.24, 2.45) is 0 Å². The molecule has 0 aliphatic carbocycles. The first-order valence-corrected chi connectivity index (χ1v) is 1.41. The first-order valence-electron chi connectivity index (χ1n) is 0.471. The quantitative estimate of drug-likeness (QED) is 0.267. The molecule has 12 heavy (non-hydrogen) atoms. The zero-order valence-corrected chi connectivity index (χ0v) is 9.06. The summed E-state index contributed by atoms with van der Waals surface area (Å²) in [6, 6.07) is 0. The van der Waals surface area contributed by atoms with Gasteiger partial charge in [0, 0.05) is 0 Å². The van der Waals surface area contributed by atoms with Gasteiger partial charge in [-0.1, -0.05) is 0 Å². The molecule has 0 aromatic heterocycles. The summed E-state index contributed by atoms with van der Waals surface area (Å²) in [7, 11) is 0. The van der Waals surface area contributed by atoms with E-state index in [0.717, 1.165) is 0 Å². The second-order valence-corrected chi connectivity index (χ2v) is 0.289. The average Bonchev–Trinajstić information content (AvgIpc) is 0.918.